The van der Waals surface area contributed by atoms with Crippen LogP contribution in [0.4, 0.5) is 18.9 Å². The number of hydrogen-bond donors (Lipinski definition) is 2. The summed E-state index contributed by atoms with van der Waals surface area (Å²) >= 11 is 0. The molecule has 1 aromatic rings. The highest BCUT2D eigenvalue weighted by atomic mass is 19.4. The van der Waals surface area contributed by atoms with Crippen molar-refractivity contribution in [1.29, 1.82) is 0 Å². The minimum Gasteiger partial charge on any atom is -0.395 e. The number of carbonyl (C=O) groups excluding carboxylic acids is 1. The number of aliphatic hydroxyl groups excluding tert-OH is 1. The second kappa shape index (κ2) is 7.31. The molecular formula is C14H19F3N2O2. The van der Waals surface area contributed by atoms with Gasteiger partial charge in [-0.15, -0.1) is 0 Å². The third kappa shape index (κ3) is 4.35. The summed E-state index contributed by atoms with van der Waals surface area (Å²) in [5, 5.41) is 11.7. The molecule has 2 N–H and O–H groups in total. The van der Waals surface area contributed by atoms with Crippen LogP contribution in [0.3, 0.4) is 0 Å². The van der Waals surface area contributed by atoms with Crippen molar-refractivity contribution in [3.63, 3.8) is 0 Å². The summed E-state index contributed by atoms with van der Waals surface area (Å²) in [4.78, 5) is 13.7. The molecule has 0 unspecified atom stereocenters. The van der Waals surface area contributed by atoms with Gasteiger partial charge in [0, 0.05) is 25.8 Å². The van der Waals surface area contributed by atoms with Crippen molar-refractivity contribution in [2.45, 2.75) is 19.5 Å². The number of amides is 1. The van der Waals surface area contributed by atoms with Gasteiger partial charge in [0.05, 0.1) is 17.7 Å². The van der Waals surface area contributed by atoms with Gasteiger partial charge in [-0.05, 0) is 24.6 Å². The first-order chi connectivity index (χ1) is 9.85. The average Bonchev–Trinajstić information content (AvgIpc) is 2.44. The molecule has 0 saturated carbocycles. The third-order valence-corrected chi connectivity index (χ3v) is 3.00. The monoisotopic (exact) mass is 304 g/mol. The predicted molar refractivity (Wildman–Crippen MR) is 74.3 cm³/mol. The summed E-state index contributed by atoms with van der Waals surface area (Å²) in [5.41, 5.74) is -0.591. The van der Waals surface area contributed by atoms with Gasteiger partial charge in [-0.25, -0.2) is 0 Å². The summed E-state index contributed by atoms with van der Waals surface area (Å²) in [6.07, 6.45) is -3.85. The molecule has 7 heteroatoms. The van der Waals surface area contributed by atoms with Crippen LogP contribution in [0.25, 0.3) is 0 Å². The van der Waals surface area contributed by atoms with E-state index in [4.69, 9.17) is 5.11 Å². The lowest BCUT2D eigenvalue weighted by molar-refractivity contribution is -0.137. The number of nitrogens with one attached hydrogen (secondary N) is 1. The van der Waals surface area contributed by atoms with E-state index in [0.717, 1.165) is 12.1 Å². The molecule has 0 bridgehead atoms. The number of anilines is 1. The molecule has 1 aromatic carbocycles. The minimum atomic E-state index is -4.51. The first-order valence-corrected chi connectivity index (χ1v) is 6.64. The zero-order chi connectivity index (χ0) is 16.0. The molecule has 21 heavy (non-hydrogen) atoms. The van der Waals surface area contributed by atoms with Crippen LogP contribution < -0.4 is 5.32 Å². The fourth-order valence-corrected chi connectivity index (χ4v) is 1.99. The molecule has 1 amide bonds. The maximum atomic E-state index is 12.8. The van der Waals surface area contributed by atoms with E-state index < -0.39 is 17.6 Å². The van der Waals surface area contributed by atoms with Crippen molar-refractivity contribution >= 4 is 11.6 Å². The average molecular weight is 304 g/mol. The smallest absolute Gasteiger partial charge is 0.395 e. The van der Waals surface area contributed by atoms with Crippen molar-refractivity contribution in [3.05, 3.63) is 29.3 Å². The van der Waals surface area contributed by atoms with Gasteiger partial charge in [0.1, 0.15) is 0 Å². The predicted octanol–water partition coefficient (Wildman–Crippen LogP) is 2.59. The van der Waals surface area contributed by atoms with Gasteiger partial charge in [0.2, 0.25) is 0 Å². The summed E-state index contributed by atoms with van der Waals surface area (Å²) in [6, 6.07) is 3.01. The fourth-order valence-electron chi connectivity index (χ4n) is 1.99. The Labute approximate surface area is 121 Å². The molecule has 0 saturated heterocycles. The van der Waals surface area contributed by atoms with Gasteiger partial charge in [-0.1, -0.05) is 6.92 Å². The van der Waals surface area contributed by atoms with Crippen LogP contribution in [0.2, 0.25) is 0 Å². The Morgan fingerprint density at radius 2 is 2.00 bits per heavy atom. The van der Waals surface area contributed by atoms with Crippen molar-refractivity contribution in [3.8, 4) is 0 Å². The van der Waals surface area contributed by atoms with E-state index in [1.807, 2.05) is 6.92 Å². The van der Waals surface area contributed by atoms with Gasteiger partial charge < -0.3 is 15.3 Å². The largest absolute Gasteiger partial charge is 0.416 e. The van der Waals surface area contributed by atoms with Crippen LogP contribution in [0, 0.1) is 0 Å². The molecule has 0 aliphatic heterocycles. The molecule has 0 spiro atoms. The standard InChI is InChI=1S/C14H19F3N2O2/c1-3-6-19(7-8-20)13(21)11-9-10(14(15,16)17)4-5-12(11)18-2/h4-5,9,18,20H,3,6-8H2,1-2H3. The van der Waals surface area contributed by atoms with Gasteiger partial charge in [-0.3, -0.25) is 4.79 Å². The van der Waals surface area contributed by atoms with Crippen molar-refractivity contribution < 1.29 is 23.1 Å². The number of rotatable bonds is 6. The van der Waals surface area contributed by atoms with E-state index in [2.05, 4.69) is 5.32 Å². The molecular weight excluding hydrogens is 285 g/mol. The lowest BCUT2D eigenvalue weighted by Gasteiger charge is -2.23. The van der Waals surface area contributed by atoms with Crippen LogP contribution in [0.15, 0.2) is 18.2 Å². The maximum absolute atomic E-state index is 12.8. The van der Waals surface area contributed by atoms with Crippen LogP contribution in [0.5, 0.6) is 0 Å². The zero-order valence-corrected chi connectivity index (χ0v) is 12.0. The normalized spacial score (nSPS) is 11.3. The number of hydrogen-bond acceptors (Lipinski definition) is 3. The highest BCUT2D eigenvalue weighted by molar-refractivity contribution is 5.99. The Morgan fingerprint density at radius 3 is 2.48 bits per heavy atom. The Bertz CT molecular complexity index is 484. The number of halogens is 3. The van der Waals surface area contributed by atoms with E-state index in [-0.39, 0.29) is 18.7 Å². The summed E-state index contributed by atoms with van der Waals surface area (Å²) in [6.45, 7) is 2.08. The van der Waals surface area contributed by atoms with Gasteiger partial charge in [-0.2, -0.15) is 13.2 Å². The Kier molecular flexibility index (Phi) is 6.02. The quantitative estimate of drug-likeness (QED) is 0.849. The molecule has 118 valence electrons. The molecule has 0 aromatic heterocycles. The zero-order valence-electron chi connectivity index (χ0n) is 12.0. The summed E-state index contributed by atoms with van der Waals surface area (Å²) in [5.74, 6) is -0.527. The van der Waals surface area contributed by atoms with E-state index >= 15 is 0 Å². The summed E-state index contributed by atoms with van der Waals surface area (Å²) < 4.78 is 38.3. The molecule has 1 rings (SSSR count). The molecule has 0 aliphatic rings. The van der Waals surface area contributed by atoms with Gasteiger partial charge in [0.25, 0.3) is 5.91 Å². The Balaban J connectivity index is 3.21. The number of alkyl halides is 3. The SMILES string of the molecule is CCCN(CCO)C(=O)c1cc(C(F)(F)F)ccc1NC. The molecule has 4 nitrogen and oxygen atoms in total. The topological polar surface area (TPSA) is 52.6 Å². The number of aliphatic hydroxyl groups is 1. The second-order valence-electron chi connectivity index (χ2n) is 4.52. The van der Waals surface area contributed by atoms with Crippen LogP contribution in [-0.2, 0) is 6.18 Å². The highest BCUT2D eigenvalue weighted by Gasteiger charge is 2.32. The number of benzene rings is 1. The number of nitrogens with zero attached hydrogens (tertiary/aromatic N) is 1. The molecule has 0 aliphatic carbocycles. The lowest BCUT2D eigenvalue weighted by Crippen LogP contribution is -2.34. The number of carbonyl (C=O) groups is 1. The van der Waals surface area contributed by atoms with E-state index in [1.54, 1.807) is 0 Å². The first-order valence-electron chi connectivity index (χ1n) is 6.64. The van der Waals surface area contributed by atoms with Crippen LogP contribution in [0.1, 0.15) is 29.3 Å². The minimum absolute atomic E-state index is 0.0470. The first kappa shape index (κ1) is 17.3. The Hall–Kier alpha value is -1.76. The van der Waals surface area contributed by atoms with Crippen molar-refractivity contribution in [2.24, 2.45) is 0 Å². The van der Waals surface area contributed by atoms with Crippen LogP contribution >= 0.6 is 0 Å². The fraction of sp³-hybridized carbons (Fsp3) is 0.500. The summed E-state index contributed by atoms with van der Waals surface area (Å²) in [7, 11) is 1.54. The Morgan fingerprint density at radius 1 is 1.33 bits per heavy atom. The molecule has 0 fully saturated rings. The molecule has 0 heterocycles. The van der Waals surface area contributed by atoms with E-state index in [9.17, 15) is 18.0 Å². The van der Waals surface area contributed by atoms with Gasteiger partial charge in [0.15, 0.2) is 0 Å². The van der Waals surface area contributed by atoms with Crippen molar-refractivity contribution in [2.75, 3.05) is 32.1 Å². The second-order valence-corrected chi connectivity index (χ2v) is 4.52. The maximum Gasteiger partial charge on any atom is 0.416 e. The molecule has 0 atom stereocenters. The van der Waals surface area contributed by atoms with Crippen molar-refractivity contribution in [1.82, 2.24) is 4.90 Å². The molecule has 0 radical (unpaired) electrons. The lowest BCUT2D eigenvalue weighted by atomic mass is 10.1. The van der Waals surface area contributed by atoms with Gasteiger partial charge >= 0.3 is 6.18 Å². The van der Waals surface area contributed by atoms with Crippen LogP contribution in [-0.4, -0.2) is 42.7 Å². The van der Waals surface area contributed by atoms with E-state index in [0.29, 0.717) is 18.7 Å². The highest BCUT2D eigenvalue weighted by Crippen LogP contribution is 2.32. The van der Waals surface area contributed by atoms with E-state index in [1.165, 1.54) is 18.0 Å². The third-order valence-electron chi connectivity index (χ3n) is 3.00.